The van der Waals surface area contributed by atoms with Crippen LogP contribution in [0.5, 0.6) is 0 Å². The number of ether oxygens (including phenoxy) is 1. The Kier molecular flexibility index (Phi) is 6.44. The molecule has 6 nitrogen and oxygen atoms in total. The second kappa shape index (κ2) is 8.85. The van der Waals surface area contributed by atoms with Crippen molar-refractivity contribution in [2.75, 3.05) is 21.3 Å². The SMILES string of the molecule is COB(OC)n1c(C)cc(C)c1/C(=C1\N=C(C)C=C1C)c1ccc(C(=O)OC)cc1. The van der Waals surface area contributed by atoms with Gasteiger partial charge in [0.1, 0.15) is 0 Å². The zero-order valence-electron chi connectivity index (χ0n) is 18.6. The second-order valence-corrected chi connectivity index (χ2v) is 7.34. The fraction of sp³-hybridized carbons (Fsp3) is 0.304. The van der Waals surface area contributed by atoms with Gasteiger partial charge in [-0.15, -0.1) is 0 Å². The maximum absolute atomic E-state index is 11.9. The Labute approximate surface area is 178 Å². The van der Waals surface area contributed by atoms with Crippen molar-refractivity contribution in [3.63, 3.8) is 0 Å². The first kappa shape index (κ1) is 21.8. The van der Waals surface area contributed by atoms with E-state index in [2.05, 4.69) is 26.0 Å². The van der Waals surface area contributed by atoms with E-state index in [0.29, 0.717) is 5.56 Å². The van der Waals surface area contributed by atoms with Crippen molar-refractivity contribution in [3.8, 4) is 0 Å². The van der Waals surface area contributed by atoms with Crippen molar-refractivity contribution < 1.29 is 18.8 Å². The number of methoxy groups -OCH3 is 1. The predicted molar refractivity (Wildman–Crippen MR) is 120 cm³/mol. The third-order valence-electron chi connectivity index (χ3n) is 5.19. The maximum Gasteiger partial charge on any atom is 0.597 e. The lowest BCUT2D eigenvalue weighted by Crippen LogP contribution is -2.32. The number of rotatable bonds is 6. The van der Waals surface area contributed by atoms with E-state index >= 15 is 0 Å². The van der Waals surface area contributed by atoms with E-state index < -0.39 is 7.25 Å². The smallest absolute Gasteiger partial charge is 0.465 e. The van der Waals surface area contributed by atoms with E-state index in [-0.39, 0.29) is 5.97 Å². The molecule has 7 heteroatoms. The zero-order chi connectivity index (χ0) is 22.0. The van der Waals surface area contributed by atoms with E-state index in [0.717, 1.165) is 45.1 Å². The summed E-state index contributed by atoms with van der Waals surface area (Å²) in [5.41, 5.74) is 8.39. The van der Waals surface area contributed by atoms with Gasteiger partial charge in [-0.05, 0) is 68.7 Å². The molecule has 0 saturated heterocycles. The Morgan fingerprint density at radius 3 is 2.07 bits per heavy atom. The Morgan fingerprint density at radius 1 is 0.967 bits per heavy atom. The van der Waals surface area contributed by atoms with Crippen molar-refractivity contribution in [1.82, 2.24) is 4.48 Å². The standard InChI is InChI=1S/C23H27BN2O4/c1-14-12-16(3)25-21(14)20(18-8-10-19(11-9-18)23(27)28-5)22-15(2)13-17(4)26(22)24(29-6)30-7/h8-13H,1-7H3/b21-20-. The number of carbonyl (C=O) groups is 1. The molecule has 0 unspecified atom stereocenters. The van der Waals surface area contributed by atoms with Gasteiger partial charge in [-0.3, -0.25) is 4.99 Å². The van der Waals surface area contributed by atoms with Gasteiger partial charge in [0.2, 0.25) is 0 Å². The van der Waals surface area contributed by atoms with Gasteiger partial charge < -0.3 is 18.5 Å². The minimum absolute atomic E-state index is 0.365. The molecule has 0 spiro atoms. The predicted octanol–water partition coefficient (Wildman–Crippen LogP) is 4.20. The van der Waals surface area contributed by atoms with Crippen LogP contribution in [0.15, 0.2) is 52.7 Å². The number of benzene rings is 1. The first-order chi connectivity index (χ1) is 14.3. The largest absolute Gasteiger partial charge is 0.597 e. The lowest BCUT2D eigenvalue weighted by molar-refractivity contribution is 0.0600. The molecule has 2 heterocycles. The Hall–Kier alpha value is -2.90. The quantitative estimate of drug-likeness (QED) is 0.533. The second-order valence-electron chi connectivity index (χ2n) is 7.34. The molecule has 1 aliphatic rings. The zero-order valence-corrected chi connectivity index (χ0v) is 18.6. The molecule has 30 heavy (non-hydrogen) atoms. The monoisotopic (exact) mass is 406 g/mol. The summed E-state index contributed by atoms with van der Waals surface area (Å²) in [5, 5.41) is 0. The van der Waals surface area contributed by atoms with Crippen LogP contribution in [-0.2, 0) is 14.0 Å². The van der Waals surface area contributed by atoms with Gasteiger partial charge >= 0.3 is 13.2 Å². The summed E-state index contributed by atoms with van der Waals surface area (Å²) in [5.74, 6) is -0.365. The van der Waals surface area contributed by atoms with Gasteiger partial charge in [0.05, 0.1) is 18.4 Å². The molecule has 0 amide bonds. The first-order valence-corrected chi connectivity index (χ1v) is 9.73. The van der Waals surface area contributed by atoms with E-state index in [9.17, 15) is 4.79 Å². The maximum atomic E-state index is 11.9. The number of aryl methyl sites for hydroxylation is 2. The molecule has 3 rings (SSSR count). The summed E-state index contributed by atoms with van der Waals surface area (Å²) >= 11 is 0. The molecule has 156 valence electrons. The van der Waals surface area contributed by atoms with Crippen molar-refractivity contribution >= 4 is 24.5 Å². The summed E-state index contributed by atoms with van der Waals surface area (Å²) in [6.07, 6.45) is 2.07. The number of nitrogens with zero attached hydrogens (tertiary/aromatic N) is 2. The van der Waals surface area contributed by atoms with Crippen LogP contribution in [-0.4, -0.2) is 44.7 Å². The molecule has 0 saturated carbocycles. The lowest BCUT2D eigenvalue weighted by atomic mass is 9.93. The van der Waals surface area contributed by atoms with E-state index in [1.54, 1.807) is 26.4 Å². The van der Waals surface area contributed by atoms with Crippen molar-refractivity contribution in [2.45, 2.75) is 27.7 Å². The van der Waals surface area contributed by atoms with Crippen LogP contribution in [0.4, 0.5) is 0 Å². The van der Waals surface area contributed by atoms with Crippen molar-refractivity contribution in [2.24, 2.45) is 4.99 Å². The number of carbonyl (C=O) groups excluding carboxylic acids is 1. The highest BCUT2D eigenvalue weighted by atomic mass is 16.6. The molecule has 2 aromatic rings. The summed E-state index contributed by atoms with van der Waals surface area (Å²) in [6.45, 7) is 8.13. The van der Waals surface area contributed by atoms with Gasteiger partial charge in [0.25, 0.3) is 0 Å². The third kappa shape index (κ3) is 3.91. The van der Waals surface area contributed by atoms with Crippen molar-refractivity contribution in [1.29, 1.82) is 0 Å². The fourth-order valence-corrected chi connectivity index (χ4v) is 3.92. The molecule has 1 aromatic carbocycles. The highest BCUT2D eigenvalue weighted by molar-refractivity contribution is 6.43. The van der Waals surface area contributed by atoms with Crippen LogP contribution in [0.25, 0.3) is 5.57 Å². The Bertz CT molecular complexity index is 1060. The molecular formula is C23H27BN2O4. The topological polar surface area (TPSA) is 62.0 Å². The van der Waals surface area contributed by atoms with Crippen LogP contribution in [0.2, 0.25) is 0 Å². The molecule has 1 aromatic heterocycles. The number of hydrogen-bond acceptors (Lipinski definition) is 5. The number of allylic oxidation sites excluding steroid dienone is 2. The summed E-state index contributed by atoms with van der Waals surface area (Å²) in [4.78, 5) is 16.7. The fourth-order valence-electron chi connectivity index (χ4n) is 3.92. The molecule has 0 fully saturated rings. The highest BCUT2D eigenvalue weighted by Crippen LogP contribution is 2.37. The third-order valence-corrected chi connectivity index (χ3v) is 5.19. The minimum Gasteiger partial charge on any atom is -0.465 e. The van der Waals surface area contributed by atoms with Crippen LogP contribution in [0, 0.1) is 13.8 Å². The van der Waals surface area contributed by atoms with Crippen LogP contribution in [0.1, 0.15) is 46.7 Å². The molecule has 0 aliphatic carbocycles. The minimum atomic E-state index is -0.575. The van der Waals surface area contributed by atoms with Crippen molar-refractivity contribution in [3.05, 3.63) is 75.8 Å². The molecule has 0 bridgehead atoms. The average Bonchev–Trinajstić information content (AvgIpc) is 3.21. The number of aliphatic imine (C=N–C) groups is 1. The summed E-state index contributed by atoms with van der Waals surface area (Å²) < 4.78 is 18.0. The molecule has 0 radical (unpaired) electrons. The van der Waals surface area contributed by atoms with Gasteiger partial charge in [0, 0.05) is 36.9 Å². The molecule has 0 atom stereocenters. The normalized spacial score (nSPS) is 15.0. The van der Waals surface area contributed by atoms with Crippen LogP contribution < -0.4 is 0 Å². The van der Waals surface area contributed by atoms with Gasteiger partial charge in [-0.25, -0.2) is 4.79 Å². The van der Waals surface area contributed by atoms with Gasteiger partial charge in [-0.2, -0.15) is 0 Å². The number of hydrogen-bond donors (Lipinski definition) is 0. The summed E-state index contributed by atoms with van der Waals surface area (Å²) in [7, 11) is 4.04. The average molecular weight is 406 g/mol. The van der Waals surface area contributed by atoms with E-state index in [1.807, 2.05) is 30.5 Å². The Balaban J connectivity index is 2.31. The van der Waals surface area contributed by atoms with Crippen LogP contribution >= 0.6 is 0 Å². The number of aromatic nitrogens is 1. The first-order valence-electron chi connectivity index (χ1n) is 9.73. The molecule has 1 aliphatic heterocycles. The van der Waals surface area contributed by atoms with E-state index in [1.165, 1.54) is 7.11 Å². The van der Waals surface area contributed by atoms with Gasteiger partial charge in [0.15, 0.2) is 0 Å². The lowest BCUT2D eigenvalue weighted by Gasteiger charge is -2.20. The number of esters is 1. The van der Waals surface area contributed by atoms with E-state index in [4.69, 9.17) is 19.0 Å². The summed E-state index contributed by atoms with van der Waals surface area (Å²) in [6, 6.07) is 9.49. The molecule has 0 N–H and O–H groups in total. The Morgan fingerprint density at radius 2 is 1.57 bits per heavy atom. The molecular weight excluding hydrogens is 379 g/mol. The highest BCUT2D eigenvalue weighted by Gasteiger charge is 2.29. The van der Waals surface area contributed by atoms with Crippen LogP contribution in [0.3, 0.4) is 0 Å². The van der Waals surface area contributed by atoms with Gasteiger partial charge in [-0.1, -0.05) is 12.1 Å².